The second-order valence-electron chi connectivity index (χ2n) is 4.07. The van der Waals surface area contributed by atoms with Crippen molar-refractivity contribution in [1.82, 2.24) is 0 Å². The summed E-state index contributed by atoms with van der Waals surface area (Å²) in [4.78, 5) is 1.35. The zero-order valence-electron chi connectivity index (χ0n) is 8.30. The van der Waals surface area contributed by atoms with E-state index in [9.17, 15) is 0 Å². The van der Waals surface area contributed by atoms with Crippen molar-refractivity contribution in [3.63, 3.8) is 0 Å². The van der Waals surface area contributed by atoms with Gasteiger partial charge in [0.25, 0.3) is 0 Å². The molecule has 0 aromatic carbocycles. The summed E-state index contributed by atoms with van der Waals surface area (Å²) in [5.41, 5.74) is 6.10. The summed E-state index contributed by atoms with van der Waals surface area (Å²) < 4.78 is 1.16. The zero-order valence-corrected chi connectivity index (χ0v) is 10.7. The van der Waals surface area contributed by atoms with Gasteiger partial charge in [0, 0.05) is 20.3 Å². The van der Waals surface area contributed by atoms with Gasteiger partial charge < -0.3 is 5.73 Å². The lowest BCUT2D eigenvalue weighted by atomic mass is 9.86. The molecule has 0 radical (unpaired) electrons. The number of hydrogen-bond acceptors (Lipinski definition) is 2. The van der Waals surface area contributed by atoms with Gasteiger partial charge in [-0.1, -0.05) is 13.8 Å². The summed E-state index contributed by atoms with van der Waals surface area (Å²) in [6, 6.07) is 2.15. The van der Waals surface area contributed by atoms with E-state index in [0.717, 1.165) is 10.9 Å². The van der Waals surface area contributed by atoms with Crippen molar-refractivity contribution in [2.75, 3.05) is 0 Å². The Morgan fingerprint density at radius 3 is 2.62 bits per heavy atom. The highest BCUT2D eigenvalue weighted by molar-refractivity contribution is 9.10. The summed E-state index contributed by atoms with van der Waals surface area (Å²) in [5.74, 6) is 0.508. The van der Waals surface area contributed by atoms with Crippen LogP contribution in [0.5, 0.6) is 0 Å². The van der Waals surface area contributed by atoms with Gasteiger partial charge in [-0.25, -0.2) is 0 Å². The molecular formula is C10H16BrNS. The van der Waals surface area contributed by atoms with E-state index in [-0.39, 0.29) is 5.54 Å². The van der Waals surface area contributed by atoms with Gasteiger partial charge in [-0.2, -0.15) is 0 Å². The van der Waals surface area contributed by atoms with Crippen molar-refractivity contribution in [2.45, 2.75) is 32.7 Å². The average molecular weight is 262 g/mol. The van der Waals surface area contributed by atoms with E-state index in [1.807, 2.05) is 0 Å². The molecule has 0 saturated heterocycles. The average Bonchev–Trinajstić information content (AvgIpc) is 2.34. The van der Waals surface area contributed by atoms with Crippen LogP contribution >= 0.6 is 27.3 Å². The number of hydrogen-bond donors (Lipinski definition) is 1. The van der Waals surface area contributed by atoms with Crippen LogP contribution in [0.3, 0.4) is 0 Å². The van der Waals surface area contributed by atoms with Crippen molar-refractivity contribution in [1.29, 1.82) is 0 Å². The van der Waals surface area contributed by atoms with Crippen molar-refractivity contribution < 1.29 is 0 Å². The molecule has 0 bridgehead atoms. The Balaban J connectivity index is 2.68. The standard InChI is InChI=1S/C10H16BrNS/c1-7(2)10(3,12)5-9-4-8(11)6-13-9/h4,6-7H,5,12H2,1-3H3. The Labute approximate surface area is 92.5 Å². The lowest BCUT2D eigenvalue weighted by molar-refractivity contribution is 0.340. The Morgan fingerprint density at radius 2 is 2.23 bits per heavy atom. The van der Waals surface area contributed by atoms with Crippen molar-refractivity contribution in [3.8, 4) is 0 Å². The van der Waals surface area contributed by atoms with Gasteiger partial charge in [-0.05, 0) is 41.3 Å². The van der Waals surface area contributed by atoms with E-state index in [0.29, 0.717) is 5.92 Å². The Morgan fingerprint density at radius 1 is 1.62 bits per heavy atom. The summed E-state index contributed by atoms with van der Waals surface area (Å²) in [7, 11) is 0. The smallest absolute Gasteiger partial charge is 0.0285 e. The Hall–Kier alpha value is 0.140. The maximum atomic E-state index is 6.19. The van der Waals surface area contributed by atoms with Gasteiger partial charge in [-0.3, -0.25) is 0 Å². The minimum Gasteiger partial charge on any atom is -0.325 e. The first kappa shape index (κ1) is 11.2. The van der Waals surface area contributed by atoms with Crippen molar-refractivity contribution in [3.05, 3.63) is 20.8 Å². The lowest BCUT2D eigenvalue weighted by Gasteiger charge is -2.28. The van der Waals surface area contributed by atoms with Gasteiger partial charge >= 0.3 is 0 Å². The SMILES string of the molecule is CC(C)C(C)(N)Cc1cc(Br)cs1. The van der Waals surface area contributed by atoms with Gasteiger partial charge in [0.05, 0.1) is 0 Å². The van der Waals surface area contributed by atoms with E-state index in [2.05, 4.69) is 48.1 Å². The van der Waals surface area contributed by atoms with Gasteiger partial charge in [0.1, 0.15) is 0 Å². The maximum absolute atomic E-state index is 6.19. The fourth-order valence-electron chi connectivity index (χ4n) is 1.03. The first-order valence-electron chi connectivity index (χ1n) is 4.43. The first-order valence-corrected chi connectivity index (χ1v) is 6.11. The first-order chi connectivity index (χ1) is 5.92. The summed E-state index contributed by atoms with van der Waals surface area (Å²) in [6.07, 6.45) is 0.959. The minimum atomic E-state index is -0.0930. The molecule has 0 fully saturated rings. The van der Waals surface area contributed by atoms with E-state index in [1.54, 1.807) is 11.3 Å². The molecule has 1 rings (SSSR count). The normalized spacial score (nSPS) is 16.2. The monoisotopic (exact) mass is 261 g/mol. The molecule has 2 N–H and O–H groups in total. The predicted molar refractivity (Wildman–Crippen MR) is 63.2 cm³/mol. The van der Waals surface area contributed by atoms with Gasteiger partial charge in [0.2, 0.25) is 0 Å². The summed E-state index contributed by atoms with van der Waals surface area (Å²) >= 11 is 5.21. The number of halogens is 1. The third kappa shape index (κ3) is 3.08. The predicted octanol–water partition coefficient (Wildman–Crippen LogP) is 3.43. The molecule has 1 unspecified atom stereocenters. The van der Waals surface area contributed by atoms with Gasteiger partial charge in [0.15, 0.2) is 0 Å². The minimum absolute atomic E-state index is 0.0930. The molecule has 1 nitrogen and oxygen atoms in total. The molecule has 74 valence electrons. The van der Waals surface area contributed by atoms with Crippen LogP contribution in [0.1, 0.15) is 25.6 Å². The fourth-order valence-corrected chi connectivity index (χ4v) is 2.66. The van der Waals surface area contributed by atoms with Crippen LogP contribution in [0.4, 0.5) is 0 Å². The molecule has 0 saturated carbocycles. The summed E-state index contributed by atoms with van der Waals surface area (Å²) in [6.45, 7) is 6.45. The Kier molecular flexibility index (Phi) is 3.55. The molecule has 0 aliphatic carbocycles. The van der Waals surface area contributed by atoms with E-state index in [4.69, 9.17) is 5.73 Å². The van der Waals surface area contributed by atoms with Crippen LogP contribution in [-0.4, -0.2) is 5.54 Å². The second-order valence-corrected chi connectivity index (χ2v) is 5.98. The molecule has 0 spiro atoms. The number of nitrogens with two attached hydrogens (primary N) is 1. The van der Waals surface area contributed by atoms with Gasteiger partial charge in [-0.15, -0.1) is 11.3 Å². The van der Waals surface area contributed by atoms with E-state index in [1.165, 1.54) is 4.88 Å². The molecule has 1 aromatic rings. The maximum Gasteiger partial charge on any atom is 0.0285 e. The third-order valence-corrected chi connectivity index (χ3v) is 4.19. The highest BCUT2D eigenvalue weighted by Crippen LogP contribution is 2.25. The molecule has 0 aliphatic rings. The van der Waals surface area contributed by atoms with Crippen LogP contribution < -0.4 is 5.73 Å². The molecule has 0 aliphatic heterocycles. The van der Waals surface area contributed by atoms with Crippen LogP contribution in [0.15, 0.2) is 15.9 Å². The van der Waals surface area contributed by atoms with Crippen LogP contribution in [0.25, 0.3) is 0 Å². The zero-order chi connectivity index (χ0) is 10.1. The van der Waals surface area contributed by atoms with Crippen LogP contribution in [0.2, 0.25) is 0 Å². The van der Waals surface area contributed by atoms with E-state index < -0.39 is 0 Å². The van der Waals surface area contributed by atoms with Crippen LogP contribution in [-0.2, 0) is 6.42 Å². The molecular weight excluding hydrogens is 246 g/mol. The quantitative estimate of drug-likeness (QED) is 0.887. The highest BCUT2D eigenvalue weighted by Gasteiger charge is 2.23. The third-order valence-electron chi connectivity index (χ3n) is 2.50. The largest absolute Gasteiger partial charge is 0.325 e. The lowest BCUT2D eigenvalue weighted by Crippen LogP contribution is -2.43. The number of thiophene rings is 1. The molecule has 1 heterocycles. The molecule has 1 atom stereocenters. The highest BCUT2D eigenvalue weighted by atomic mass is 79.9. The molecule has 1 aromatic heterocycles. The number of rotatable bonds is 3. The van der Waals surface area contributed by atoms with Crippen LogP contribution in [0, 0.1) is 5.92 Å². The fraction of sp³-hybridized carbons (Fsp3) is 0.600. The van der Waals surface area contributed by atoms with Crippen molar-refractivity contribution in [2.24, 2.45) is 11.7 Å². The van der Waals surface area contributed by atoms with E-state index >= 15 is 0 Å². The summed E-state index contributed by atoms with van der Waals surface area (Å²) in [5, 5.41) is 2.10. The Bertz CT molecular complexity index is 278. The second kappa shape index (κ2) is 4.11. The topological polar surface area (TPSA) is 26.0 Å². The molecule has 13 heavy (non-hydrogen) atoms. The van der Waals surface area contributed by atoms with Crippen molar-refractivity contribution >= 4 is 27.3 Å². The molecule has 3 heteroatoms. The molecule has 0 amide bonds.